The SMILES string of the molecule is Cc1ccc(Cl)c2sc(N3CCN(C(=O)c4ccc(C(F)(F)F)cc4)CC3)nc12. The quantitative estimate of drug-likeness (QED) is 0.548. The van der Waals surface area contributed by atoms with E-state index in [9.17, 15) is 18.0 Å². The van der Waals surface area contributed by atoms with Gasteiger partial charge in [0.25, 0.3) is 5.91 Å². The molecule has 2 aromatic carbocycles. The summed E-state index contributed by atoms with van der Waals surface area (Å²) in [6.07, 6.45) is -4.41. The lowest BCUT2D eigenvalue weighted by Gasteiger charge is -2.34. The Bertz CT molecular complexity index is 1020. The highest BCUT2D eigenvalue weighted by atomic mass is 35.5. The van der Waals surface area contributed by atoms with E-state index >= 15 is 0 Å². The van der Waals surface area contributed by atoms with E-state index in [2.05, 4.69) is 4.90 Å². The van der Waals surface area contributed by atoms with Gasteiger partial charge in [0, 0.05) is 31.7 Å². The topological polar surface area (TPSA) is 36.4 Å². The normalized spacial score (nSPS) is 15.2. The molecule has 0 bridgehead atoms. The maximum Gasteiger partial charge on any atom is 0.416 e. The number of halogens is 4. The van der Waals surface area contributed by atoms with Gasteiger partial charge in [-0.25, -0.2) is 4.98 Å². The lowest BCUT2D eigenvalue weighted by molar-refractivity contribution is -0.137. The van der Waals surface area contributed by atoms with E-state index in [1.807, 2.05) is 19.1 Å². The number of anilines is 1. The monoisotopic (exact) mass is 439 g/mol. The summed E-state index contributed by atoms with van der Waals surface area (Å²) in [4.78, 5) is 21.1. The summed E-state index contributed by atoms with van der Waals surface area (Å²) in [5.74, 6) is -0.262. The van der Waals surface area contributed by atoms with Crippen molar-refractivity contribution in [1.29, 1.82) is 0 Å². The van der Waals surface area contributed by atoms with E-state index in [1.165, 1.54) is 23.5 Å². The first kappa shape index (κ1) is 20.0. The average molecular weight is 440 g/mol. The maximum absolute atomic E-state index is 12.7. The van der Waals surface area contributed by atoms with Crippen LogP contribution in [-0.4, -0.2) is 42.0 Å². The number of thiazole rings is 1. The van der Waals surface area contributed by atoms with Crippen LogP contribution in [0.4, 0.5) is 18.3 Å². The fourth-order valence-electron chi connectivity index (χ4n) is 3.31. The largest absolute Gasteiger partial charge is 0.416 e. The molecule has 0 saturated carbocycles. The molecule has 2 heterocycles. The molecule has 1 aromatic heterocycles. The van der Waals surface area contributed by atoms with Crippen molar-refractivity contribution in [3.63, 3.8) is 0 Å². The number of benzene rings is 2. The van der Waals surface area contributed by atoms with E-state index in [0.717, 1.165) is 33.0 Å². The highest BCUT2D eigenvalue weighted by Gasteiger charge is 2.31. The van der Waals surface area contributed by atoms with Gasteiger partial charge in [-0.2, -0.15) is 13.2 Å². The van der Waals surface area contributed by atoms with Gasteiger partial charge in [-0.1, -0.05) is 29.0 Å². The number of alkyl halides is 3. The van der Waals surface area contributed by atoms with Gasteiger partial charge in [0.15, 0.2) is 5.13 Å². The van der Waals surface area contributed by atoms with Crippen LogP contribution in [0, 0.1) is 6.92 Å². The number of hydrogen-bond donors (Lipinski definition) is 0. The van der Waals surface area contributed by atoms with Crippen LogP contribution in [0.25, 0.3) is 10.2 Å². The van der Waals surface area contributed by atoms with Gasteiger partial charge in [0.1, 0.15) is 0 Å². The van der Waals surface area contributed by atoms with Crippen LogP contribution < -0.4 is 4.90 Å². The molecule has 0 atom stereocenters. The third kappa shape index (κ3) is 3.91. The second-order valence-corrected chi connectivity index (χ2v) is 8.28. The van der Waals surface area contributed by atoms with Gasteiger partial charge in [-0.15, -0.1) is 0 Å². The number of nitrogens with zero attached hydrogens (tertiary/aromatic N) is 3. The van der Waals surface area contributed by atoms with Gasteiger partial charge >= 0.3 is 6.18 Å². The van der Waals surface area contributed by atoms with E-state index < -0.39 is 11.7 Å². The Hall–Kier alpha value is -2.32. The molecule has 29 heavy (non-hydrogen) atoms. The smallest absolute Gasteiger partial charge is 0.345 e. The fourth-order valence-corrected chi connectivity index (χ4v) is 4.68. The van der Waals surface area contributed by atoms with Crippen molar-refractivity contribution in [3.05, 3.63) is 58.1 Å². The summed E-state index contributed by atoms with van der Waals surface area (Å²) in [5, 5.41) is 1.53. The molecule has 9 heteroatoms. The van der Waals surface area contributed by atoms with Crippen molar-refractivity contribution < 1.29 is 18.0 Å². The second-order valence-electron chi connectivity index (χ2n) is 6.89. The number of carbonyl (C=O) groups excluding carboxylic acids is 1. The van der Waals surface area contributed by atoms with Gasteiger partial charge < -0.3 is 9.80 Å². The number of amides is 1. The predicted octanol–water partition coefficient (Wildman–Crippen LogP) is 5.24. The van der Waals surface area contributed by atoms with Crippen LogP contribution in [-0.2, 0) is 6.18 Å². The standard InChI is InChI=1S/C20H17ClF3N3OS/c1-12-2-7-15(21)17-16(12)25-19(29-17)27-10-8-26(9-11-27)18(28)13-3-5-14(6-4-13)20(22,23)24/h2-7H,8-11H2,1H3. The summed E-state index contributed by atoms with van der Waals surface area (Å²) in [5.41, 5.74) is 1.45. The Morgan fingerprint density at radius 3 is 2.31 bits per heavy atom. The lowest BCUT2D eigenvalue weighted by Crippen LogP contribution is -2.48. The summed E-state index contributed by atoms with van der Waals surface area (Å²) in [7, 11) is 0. The van der Waals surface area contributed by atoms with Crippen molar-refractivity contribution in [2.45, 2.75) is 13.1 Å². The first-order valence-electron chi connectivity index (χ1n) is 9.01. The van der Waals surface area contributed by atoms with Crippen molar-refractivity contribution in [2.24, 2.45) is 0 Å². The Labute approximate surface area is 174 Å². The Balaban J connectivity index is 1.45. The van der Waals surface area contributed by atoms with Crippen molar-refractivity contribution in [1.82, 2.24) is 9.88 Å². The summed E-state index contributed by atoms with van der Waals surface area (Å²) in [6.45, 7) is 4.14. The third-order valence-corrected chi connectivity index (χ3v) is 6.56. The van der Waals surface area contributed by atoms with Crippen molar-refractivity contribution >= 4 is 44.2 Å². The maximum atomic E-state index is 12.7. The number of hydrogen-bond acceptors (Lipinski definition) is 4. The number of aryl methyl sites for hydroxylation is 1. The highest BCUT2D eigenvalue weighted by Crippen LogP contribution is 2.36. The van der Waals surface area contributed by atoms with E-state index in [0.29, 0.717) is 31.2 Å². The van der Waals surface area contributed by atoms with Crippen LogP contribution in [0.15, 0.2) is 36.4 Å². The van der Waals surface area contributed by atoms with Crippen molar-refractivity contribution in [3.8, 4) is 0 Å². The molecule has 1 fully saturated rings. The summed E-state index contributed by atoms with van der Waals surface area (Å²) < 4.78 is 39.0. The molecule has 152 valence electrons. The highest BCUT2D eigenvalue weighted by molar-refractivity contribution is 7.22. The molecule has 0 N–H and O–H groups in total. The number of carbonyl (C=O) groups is 1. The molecule has 1 amide bonds. The van der Waals surface area contributed by atoms with E-state index in [4.69, 9.17) is 16.6 Å². The van der Waals surface area contributed by atoms with Crippen LogP contribution in [0.1, 0.15) is 21.5 Å². The van der Waals surface area contributed by atoms with Gasteiger partial charge in [-0.05, 0) is 42.8 Å². The molecular formula is C20H17ClF3N3OS. The Morgan fingerprint density at radius 2 is 1.72 bits per heavy atom. The van der Waals surface area contributed by atoms with E-state index in [-0.39, 0.29) is 11.5 Å². The van der Waals surface area contributed by atoms with Crippen LogP contribution >= 0.6 is 22.9 Å². The molecule has 0 aliphatic carbocycles. The first-order chi connectivity index (χ1) is 13.7. The summed E-state index contributed by atoms with van der Waals surface area (Å²) >= 11 is 7.81. The third-order valence-electron chi connectivity index (χ3n) is 4.98. The fraction of sp³-hybridized carbons (Fsp3) is 0.300. The number of aromatic nitrogens is 1. The molecule has 1 saturated heterocycles. The molecule has 1 aliphatic heterocycles. The minimum Gasteiger partial charge on any atom is -0.345 e. The number of fused-ring (bicyclic) bond motifs is 1. The number of rotatable bonds is 2. The van der Waals surface area contributed by atoms with Gasteiger partial charge in [0.05, 0.1) is 20.8 Å². The first-order valence-corrected chi connectivity index (χ1v) is 10.2. The molecule has 0 radical (unpaired) electrons. The minimum atomic E-state index is -4.41. The van der Waals surface area contributed by atoms with Crippen LogP contribution in [0.2, 0.25) is 5.02 Å². The van der Waals surface area contributed by atoms with Crippen LogP contribution in [0.5, 0.6) is 0 Å². The second kappa shape index (κ2) is 7.50. The molecule has 0 spiro atoms. The van der Waals surface area contributed by atoms with Gasteiger partial charge in [0.2, 0.25) is 0 Å². The Kier molecular flexibility index (Phi) is 5.16. The molecular weight excluding hydrogens is 423 g/mol. The summed E-state index contributed by atoms with van der Waals surface area (Å²) in [6, 6.07) is 8.15. The van der Waals surface area contributed by atoms with Crippen molar-refractivity contribution in [2.75, 3.05) is 31.1 Å². The average Bonchev–Trinajstić information content (AvgIpc) is 3.17. The molecule has 4 rings (SSSR count). The Morgan fingerprint density at radius 1 is 1.07 bits per heavy atom. The zero-order valence-electron chi connectivity index (χ0n) is 15.5. The minimum absolute atomic E-state index is 0.258. The lowest BCUT2D eigenvalue weighted by atomic mass is 10.1. The molecule has 4 nitrogen and oxygen atoms in total. The molecule has 3 aromatic rings. The molecule has 0 unspecified atom stereocenters. The van der Waals surface area contributed by atoms with E-state index in [1.54, 1.807) is 4.90 Å². The van der Waals surface area contributed by atoms with Crippen LogP contribution in [0.3, 0.4) is 0 Å². The molecule has 1 aliphatic rings. The predicted molar refractivity (Wildman–Crippen MR) is 109 cm³/mol. The van der Waals surface area contributed by atoms with Gasteiger partial charge in [-0.3, -0.25) is 4.79 Å². The zero-order chi connectivity index (χ0) is 20.8. The zero-order valence-corrected chi connectivity index (χ0v) is 17.0. The number of piperazine rings is 1.